The van der Waals surface area contributed by atoms with Crippen LogP contribution in [0, 0.1) is 0 Å². The summed E-state index contributed by atoms with van der Waals surface area (Å²) in [7, 11) is 1.68. The van der Waals surface area contributed by atoms with Gasteiger partial charge in [-0.05, 0) is 26.7 Å². The lowest BCUT2D eigenvalue weighted by molar-refractivity contribution is -0.137. The Bertz CT molecular complexity index is 161. The van der Waals surface area contributed by atoms with Crippen molar-refractivity contribution >= 4 is 5.97 Å². The molecule has 2 atom stereocenters. The maximum atomic E-state index is 10.3. The molecule has 0 heterocycles. The minimum atomic E-state index is -0.733. The largest absolute Gasteiger partial charge is 0.481 e. The van der Waals surface area contributed by atoms with Crippen LogP contribution in [-0.2, 0) is 9.53 Å². The number of carboxylic acids is 1. The van der Waals surface area contributed by atoms with Gasteiger partial charge in [-0.3, -0.25) is 4.79 Å². The molecule has 0 saturated carbocycles. The van der Waals surface area contributed by atoms with E-state index in [2.05, 4.69) is 12.2 Å². The molecular weight excluding hydrogens is 182 g/mol. The minimum Gasteiger partial charge on any atom is -0.481 e. The Morgan fingerprint density at radius 3 is 2.43 bits per heavy atom. The normalized spacial score (nSPS) is 15.1. The molecule has 0 bridgehead atoms. The minimum absolute atomic E-state index is 0.227. The SMILES string of the molecule is COCCC(C)NC(C)CCC(=O)O. The van der Waals surface area contributed by atoms with Gasteiger partial charge in [-0.2, -0.15) is 0 Å². The zero-order valence-electron chi connectivity index (χ0n) is 9.25. The van der Waals surface area contributed by atoms with Gasteiger partial charge in [0.2, 0.25) is 0 Å². The summed E-state index contributed by atoms with van der Waals surface area (Å²) in [6, 6.07) is 0.622. The van der Waals surface area contributed by atoms with Crippen molar-refractivity contribution in [1.82, 2.24) is 5.32 Å². The predicted molar refractivity (Wildman–Crippen MR) is 55.4 cm³/mol. The van der Waals surface area contributed by atoms with Gasteiger partial charge >= 0.3 is 5.97 Å². The van der Waals surface area contributed by atoms with E-state index < -0.39 is 5.97 Å². The number of carbonyl (C=O) groups is 1. The highest BCUT2D eigenvalue weighted by atomic mass is 16.5. The molecular formula is C10H21NO3. The highest BCUT2D eigenvalue weighted by molar-refractivity contribution is 5.66. The number of hydrogen-bond acceptors (Lipinski definition) is 3. The van der Waals surface area contributed by atoms with E-state index in [1.165, 1.54) is 0 Å². The molecule has 0 aromatic heterocycles. The maximum absolute atomic E-state index is 10.3. The van der Waals surface area contributed by atoms with E-state index in [0.717, 1.165) is 13.0 Å². The first-order valence-electron chi connectivity index (χ1n) is 5.03. The molecule has 84 valence electrons. The van der Waals surface area contributed by atoms with Crippen molar-refractivity contribution in [2.45, 2.75) is 45.2 Å². The molecule has 0 saturated heterocycles. The first-order valence-corrected chi connectivity index (χ1v) is 5.03. The summed E-state index contributed by atoms with van der Waals surface area (Å²) in [5, 5.41) is 11.8. The molecule has 0 aliphatic carbocycles. The zero-order valence-corrected chi connectivity index (χ0v) is 9.25. The summed E-state index contributed by atoms with van der Waals surface area (Å²) in [5.74, 6) is -0.733. The van der Waals surface area contributed by atoms with Crippen LogP contribution in [-0.4, -0.2) is 36.9 Å². The fourth-order valence-electron chi connectivity index (χ4n) is 1.29. The Hall–Kier alpha value is -0.610. The van der Waals surface area contributed by atoms with Gasteiger partial charge in [-0.25, -0.2) is 0 Å². The molecule has 0 rings (SSSR count). The van der Waals surface area contributed by atoms with E-state index in [1.807, 2.05) is 6.92 Å². The summed E-state index contributed by atoms with van der Waals surface area (Å²) >= 11 is 0. The van der Waals surface area contributed by atoms with Gasteiger partial charge < -0.3 is 15.2 Å². The molecule has 0 aromatic carbocycles. The van der Waals surface area contributed by atoms with Crippen LogP contribution in [0.15, 0.2) is 0 Å². The van der Waals surface area contributed by atoms with E-state index in [-0.39, 0.29) is 12.5 Å². The summed E-state index contributed by atoms with van der Waals surface area (Å²) < 4.78 is 4.96. The summed E-state index contributed by atoms with van der Waals surface area (Å²) in [5.41, 5.74) is 0. The third-order valence-corrected chi connectivity index (χ3v) is 2.12. The van der Waals surface area contributed by atoms with E-state index in [0.29, 0.717) is 12.5 Å². The number of hydrogen-bond donors (Lipinski definition) is 2. The van der Waals surface area contributed by atoms with Crippen LogP contribution in [0.1, 0.15) is 33.1 Å². The quantitative estimate of drug-likeness (QED) is 0.623. The first kappa shape index (κ1) is 13.4. The van der Waals surface area contributed by atoms with Gasteiger partial charge in [-0.1, -0.05) is 0 Å². The van der Waals surface area contributed by atoms with E-state index in [4.69, 9.17) is 9.84 Å². The Labute approximate surface area is 85.6 Å². The molecule has 0 aliphatic heterocycles. The fraction of sp³-hybridized carbons (Fsp3) is 0.900. The molecule has 0 amide bonds. The molecule has 0 aromatic rings. The molecule has 4 heteroatoms. The molecule has 2 unspecified atom stereocenters. The van der Waals surface area contributed by atoms with Crippen molar-refractivity contribution in [3.8, 4) is 0 Å². The van der Waals surface area contributed by atoms with Crippen molar-refractivity contribution in [2.75, 3.05) is 13.7 Å². The van der Waals surface area contributed by atoms with Crippen LogP contribution in [0.4, 0.5) is 0 Å². The van der Waals surface area contributed by atoms with Gasteiger partial charge in [0, 0.05) is 32.2 Å². The predicted octanol–water partition coefficient (Wildman–Crippen LogP) is 1.25. The number of ether oxygens (including phenoxy) is 1. The van der Waals surface area contributed by atoms with Crippen LogP contribution in [0.5, 0.6) is 0 Å². The molecule has 0 spiro atoms. The van der Waals surface area contributed by atoms with Gasteiger partial charge in [-0.15, -0.1) is 0 Å². The van der Waals surface area contributed by atoms with Crippen molar-refractivity contribution in [1.29, 1.82) is 0 Å². The average Bonchev–Trinajstić information content (AvgIpc) is 2.11. The van der Waals surface area contributed by atoms with Crippen molar-refractivity contribution in [2.24, 2.45) is 0 Å². The molecule has 0 fully saturated rings. The third kappa shape index (κ3) is 8.01. The van der Waals surface area contributed by atoms with Crippen molar-refractivity contribution in [3.63, 3.8) is 0 Å². The topological polar surface area (TPSA) is 58.6 Å². The van der Waals surface area contributed by atoms with E-state index >= 15 is 0 Å². The highest BCUT2D eigenvalue weighted by Crippen LogP contribution is 2.00. The monoisotopic (exact) mass is 203 g/mol. The number of methoxy groups -OCH3 is 1. The molecule has 0 radical (unpaired) electrons. The Kier molecular flexibility index (Phi) is 7.42. The summed E-state index contributed by atoms with van der Waals surface area (Å²) in [6.45, 7) is 4.82. The van der Waals surface area contributed by atoms with Crippen molar-refractivity contribution in [3.05, 3.63) is 0 Å². The number of carboxylic acid groups (broad SMARTS) is 1. The fourth-order valence-corrected chi connectivity index (χ4v) is 1.29. The van der Waals surface area contributed by atoms with Gasteiger partial charge in [0.05, 0.1) is 0 Å². The van der Waals surface area contributed by atoms with Crippen LogP contribution in [0.3, 0.4) is 0 Å². The molecule has 14 heavy (non-hydrogen) atoms. The second-order valence-electron chi connectivity index (χ2n) is 3.68. The number of nitrogens with one attached hydrogen (secondary N) is 1. The zero-order chi connectivity index (χ0) is 11.0. The molecule has 0 aliphatic rings. The second-order valence-corrected chi connectivity index (χ2v) is 3.68. The van der Waals surface area contributed by atoms with Gasteiger partial charge in [0.15, 0.2) is 0 Å². The van der Waals surface area contributed by atoms with Crippen LogP contribution >= 0.6 is 0 Å². The van der Waals surface area contributed by atoms with Gasteiger partial charge in [0.25, 0.3) is 0 Å². The van der Waals surface area contributed by atoms with Crippen LogP contribution in [0.2, 0.25) is 0 Å². The lowest BCUT2D eigenvalue weighted by atomic mass is 10.1. The number of aliphatic carboxylic acids is 1. The van der Waals surface area contributed by atoms with Crippen LogP contribution < -0.4 is 5.32 Å². The first-order chi connectivity index (χ1) is 6.56. The van der Waals surface area contributed by atoms with Crippen molar-refractivity contribution < 1.29 is 14.6 Å². The van der Waals surface area contributed by atoms with E-state index in [1.54, 1.807) is 7.11 Å². The lowest BCUT2D eigenvalue weighted by Crippen LogP contribution is -2.35. The highest BCUT2D eigenvalue weighted by Gasteiger charge is 2.08. The third-order valence-electron chi connectivity index (χ3n) is 2.12. The lowest BCUT2D eigenvalue weighted by Gasteiger charge is -2.19. The van der Waals surface area contributed by atoms with E-state index in [9.17, 15) is 4.79 Å². The Morgan fingerprint density at radius 2 is 1.93 bits per heavy atom. The molecule has 2 N–H and O–H groups in total. The summed E-state index contributed by atoms with van der Waals surface area (Å²) in [6.07, 6.45) is 1.85. The smallest absolute Gasteiger partial charge is 0.303 e. The Morgan fingerprint density at radius 1 is 1.36 bits per heavy atom. The Balaban J connectivity index is 3.49. The second kappa shape index (κ2) is 7.76. The van der Waals surface area contributed by atoms with Crippen LogP contribution in [0.25, 0.3) is 0 Å². The average molecular weight is 203 g/mol. The number of rotatable bonds is 8. The summed E-state index contributed by atoms with van der Waals surface area (Å²) in [4.78, 5) is 10.3. The maximum Gasteiger partial charge on any atom is 0.303 e. The standard InChI is InChI=1S/C10H21NO3/c1-8(4-5-10(12)13)11-9(2)6-7-14-3/h8-9,11H,4-7H2,1-3H3,(H,12,13). The molecule has 4 nitrogen and oxygen atoms in total. The van der Waals surface area contributed by atoms with Gasteiger partial charge in [0.1, 0.15) is 0 Å².